The Kier molecular flexibility index (Phi) is 3.25. The molecule has 6 heteroatoms. The van der Waals surface area contributed by atoms with Crippen LogP contribution >= 0.6 is 0 Å². The molecule has 0 amide bonds. The van der Waals surface area contributed by atoms with E-state index < -0.39 is 17.5 Å². The van der Waals surface area contributed by atoms with Crippen molar-refractivity contribution < 1.29 is 24.6 Å². The number of aromatic hydroxyl groups is 2. The van der Waals surface area contributed by atoms with Crippen LogP contribution in [0.3, 0.4) is 0 Å². The molecule has 0 aliphatic rings. The monoisotopic (exact) mass is 211 g/mol. The molecule has 0 aromatic heterocycles. The summed E-state index contributed by atoms with van der Waals surface area (Å²) < 4.78 is 0. The fraction of sp³-hybridized carbons (Fsp3) is 0.111. The lowest BCUT2D eigenvalue weighted by atomic mass is 10.1. The van der Waals surface area contributed by atoms with Crippen LogP contribution in [0, 0.1) is 0 Å². The van der Waals surface area contributed by atoms with Gasteiger partial charge in [0, 0.05) is 12.0 Å². The van der Waals surface area contributed by atoms with Crippen molar-refractivity contribution in [2.75, 3.05) is 0 Å². The molecule has 0 heterocycles. The van der Waals surface area contributed by atoms with Crippen LogP contribution in [0.15, 0.2) is 18.2 Å². The fourth-order valence-corrected chi connectivity index (χ4v) is 1.03. The van der Waals surface area contributed by atoms with Gasteiger partial charge in [-0.25, -0.2) is 4.79 Å². The molecule has 0 aliphatic carbocycles. The number of phenols is 2. The van der Waals surface area contributed by atoms with E-state index in [0.717, 1.165) is 0 Å². The van der Waals surface area contributed by atoms with Gasteiger partial charge in [-0.2, -0.15) is 5.90 Å². The Morgan fingerprint density at radius 1 is 1.33 bits per heavy atom. The van der Waals surface area contributed by atoms with Gasteiger partial charge < -0.3 is 15.1 Å². The highest BCUT2D eigenvalue weighted by Gasteiger charge is 2.17. The van der Waals surface area contributed by atoms with Crippen molar-refractivity contribution in [2.45, 2.75) is 6.42 Å². The number of phenolic OH excluding ortho intramolecular Hbond substituents is 2. The van der Waals surface area contributed by atoms with Gasteiger partial charge in [0.2, 0.25) is 5.78 Å². The summed E-state index contributed by atoms with van der Waals surface area (Å²) in [6.07, 6.45) is -0.379. The number of carbonyl (C=O) groups excluding carboxylic acids is 2. The summed E-state index contributed by atoms with van der Waals surface area (Å²) >= 11 is 0. The Labute approximate surface area is 84.8 Å². The van der Waals surface area contributed by atoms with E-state index in [1.807, 2.05) is 0 Å². The smallest absolute Gasteiger partial charge is 0.393 e. The van der Waals surface area contributed by atoms with Gasteiger partial charge in [0.05, 0.1) is 0 Å². The minimum absolute atomic E-state index is 0.130. The summed E-state index contributed by atoms with van der Waals surface area (Å²) in [6.45, 7) is 0. The van der Waals surface area contributed by atoms with Crippen molar-refractivity contribution >= 4 is 11.8 Å². The molecule has 0 spiro atoms. The topological polar surface area (TPSA) is 110 Å². The molecule has 0 atom stereocenters. The van der Waals surface area contributed by atoms with Gasteiger partial charge in [0.25, 0.3) is 0 Å². The second kappa shape index (κ2) is 4.43. The Morgan fingerprint density at radius 3 is 2.60 bits per heavy atom. The van der Waals surface area contributed by atoms with Gasteiger partial charge in [-0.3, -0.25) is 4.79 Å². The van der Waals surface area contributed by atoms with Crippen molar-refractivity contribution in [3.8, 4) is 11.5 Å². The highest BCUT2D eigenvalue weighted by Crippen LogP contribution is 2.28. The second-order valence-corrected chi connectivity index (χ2v) is 2.79. The molecule has 1 aromatic rings. The van der Waals surface area contributed by atoms with Gasteiger partial charge in [-0.15, -0.1) is 0 Å². The van der Waals surface area contributed by atoms with Crippen molar-refractivity contribution in [3.63, 3.8) is 0 Å². The predicted octanol–water partition coefficient (Wildman–Crippen LogP) is -0.374. The molecule has 0 fully saturated rings. The number of carbonyl (C=O) groups is 2. The number of ketones is 1. The Balaban J connectivity index is 2.86. The van der Waals surface area contributed by atoms with E-state index in [9.17, 15) is 14.7 Å². The van der Waals surface area contributed by atoms with Gasteiger partial charge >= 0.3 is 5.97 Å². The van der Waals surface area contributed by atoms with Crippen molar-refractivity contribution in [1.82, 2.24) is 0 Å². The number of hydrogen-bond donors (Lipinski definition) is 3. The molecule has 0 saturated heterocycles. The molecule has 1 aromatic carbocycles. The first kappa shape index (κ1) is 11.0. The number of Topliss-reactive ketones (excluding diaryl/α,β-unsaturated/α-hetero) is 1. The molecular formula is C9H9NO5. The van der Waals surface area contributed by atoms with Crippen LogP contribution in [-0.4, -0.2) is 22.0 Å². The zero-order valence-electron chi connectivity index (χ0n) is 7.64. The first-order valence-corrected chi connectivity index (χ1v) is 4.00. The zero-order valence-corrected chi connectivity index (χ0v) is 7.64. The van der Waals surface area contributed by atoms with Crippen LogP contribution in [0.25, 0.3) is 0 Å². The van der Waals surface area contributed by atoms with Crippen LogP contribution in [0.1, 0.15) is 5.56 Å². The molecule has 15 heavy (non-hydrogen) atoms. The number of rotatable bonds is 3. The normalized spacial score (nSPS) is 9.67. The van der Waals surface area contributed by atoms with Crippen LogP contribution in [-0.2, 0) is 20.8 Å². The summed E-state index contributed by atoms with van der Waals surface area (Å²) in [5, 5.41) is 18.4. The average Bonchev–Trinajstić information content (AvgIpc) is 2.23. The van der Waals surface area contributed by atoms with E-state index in [1.165, 1.54) is 18.2 Å². The molecule has 80 valence electrons. The number of para-hydroxylation sites is 1. The summed E-state index contributed by atoms with van der Waals surface area (Å²) in [5.74, 6) is 1.62. The molecular weight excluding hydrogens is 202 g/mol. The number of benzene rings is 1. The van der Waals surface area contributed by atoms with Gasteiger partial charge in [0.1, 0.15) is 0 Å². The summed E-state index contributed by atoms with van der Waals surface area (Å²) in [7, 11) is 0. The zero-order chi connectivity index (χ0) is 11.4. The third-order valence-corrected chi connectivity index (χ3v) is 1.78. The van der Waals surface area contributed by atoms with Crippen LogP contribution in [0.2, 0.25) is 0 Å². The molecule has 0 radical (unpaired) electrons. The molecule has 0 bridgehead atoms. The maximum absolute atomic E-state index is 11.1. The largest absolute Gasteiger partial charge is 0.504 e. The van der Waals surface area contributed by atoms with E-state index in [4.69, 9.17) is 5.11 Å². The SMILES string of the molecule is NOC(=O)C(=O)Cc1cccc(O)c1O. The Morgan fingerprint density at radius 2 is 2.00 bits per heavy atom. The first-order chi connectivity index (χ1) is 7.06. The summed E-state index contributed by atoms with van der Waals surface area (Å²) in [5.41, 5.74) is 0.130. The third-order valence-electron chi connectivity index (χ3n) is 1.78. The van der Waals surface area contributed by atoms with E-state index in [2.05, 4.69) is 10.7 Å². The quantitative estimate of drug-likeness (QED) is 0.357. The third kappa shape index (κ3) is 2.44. The molecule has 6 nitrogen and oxygen atoms in total. The molecule has 0 saturated carbocycles. The minimum atomic E-state index is -1.20. The van der Waals surface area contributed by atoms with E-state index in [1.54, 1.807) is 0 Å². The Hall–Kier alpha value is -2.08. The maximum atomic E-state index is 11.1. The summed E-state index contributed by atoms with van der Waals surface area (Å²) in [4.78, 5) is 25.5. The first-order valence-electron chi connectivity index (χ1n) is 4.00. The fourth-order valence-electron chi connectivity index (χ4n) is 1.03. The molecule has 4 N–H and O–H groups in total. The van der Waals surface area contributed by atoms with Gasteiger partial charge in [-0.05, 0) is 6.07 Å². The van der Waals surface area contributed by atoms with Crippen molar-refractivity contribution in [3.05, 3.63) is 23.8 Å². The second-order valence-electron chi connectivity index (χ2n) is 2.79. The summed E-state index contributed by atoms with van der Waals surface area (Å²) in [6, 6.07) is 4.09. The lowest BCUT2D eigenvalue weighted by molar-refractivity contribution is -0.154. The predicted molar refractivity (Wildman–Crippen MR) is 48.8 cm³/mol. The standard InChI is InChI=1S/C9H9NO5/c10-15-9(14)7(12)4-5-2-1-3-6(11)8(5)13/h1-3,11,13H,4,10H2. The molecule has 1 rings (SSSR count). The highest BCUT2D eigenvalue weighted by atomic mass is 16.7. The van der Waals surface area contributed by atoms with E-state index in [-0.39, 0.29) is 17.7 Å². The number of hydrogen-bond acceptors (Lipinski definition) is 6. The van der Waals surface area contributed by atoms with Crippen molar-refractivity contribution in [1.29, 1.82) is 0 Å². The van der Waals surface area contributed by atoms with Gasteiger partial charge in [-0.1, -0.05) is 12.1 Å². The highest BCUT2D eigenvalue weighted by molar-refractivity contribution is 6.34. The lowest BCUT2D eigenvalue weighted by Gasteiger charge is -2.03. The van der Waals surface area contributed by atoms with E-state index >= 15 is 0 Å². The van der Waals surface area contributed by atoms with Crippen molar-refractivity contribution in [2.24, 2.45) is 5.90 Å². The molecule has 0 unspecified atom stereocenters. The average molecular weight is 211 g/mol. The van der Waals surface area contributed by atoms with Crippen LogP contribution in [0.4, 0.5) is 0 Å². The Bertz CT molecular complexity index is 401. The number of nitrogens with two attached hydrogens (primary N) is 1. The molecule has 0 aliphatic heterocycles. The van der Waals surface area contributed by atoms with Crippen LogP contribution < -0.4 is 5.90 Å². The van der Waals surface area contributed by atoms with Gasteiger partial charge in [0.15, 0.2) is 11.5 Å². The van der Waals surface area contributed by atoms with Crippen LogP contribution in [0.5, 0.6) is 11.5 Å². The lowest BCUT2D eigenvalue weighted by Crippen LogP contribution is -2.22. The van der Waals surface area contributed by atoms with E-state index in [0.29, 0.717) is 0 Å². The minimum Gasteiger partial charge on any atom is -0.504 e. The maximum Gasteiger partial charge on any atom is 0.393 e.